The van der Waals surface area contributed by atoms with Gasteiger partial charge in [-0.1, -0.05) is 56.3 Å². The maximum Gasteiger partial charge on any atom is 0.261 e. The number of rotatable bonds is 14. The highest BCUT2D eigenvalue weighted by Gasteiger charge is 2.40. The molecule has 4 heterocycles. The van der Waals surface area contributed by atoms with Crippen molar-refractivity contribution in [3.8, 4) is 0 Å². The highest BCUT2D eigenvalue weighted by Crippen LogP contribution is 2.31. The third-order valence-corrected chi connectivity index (χ3v) is 12.6. The number of halogens is 2. The van der Waals surface area contributed by atoms with Gasteiger partial charge in [-0.2, -0.15) is 0 Å². The van der Waals surface area contributed by atoms with Crippen LogP contribution >= 0.6 is 11.3 Å². The number of nitrogens with zero attached hydrogens (tertiary/aromatic N) is 5. The van der Waals surface area contributed by atoms with E-state index in [1.165, 1.54) is 26.8 Å². The van der Waals surface area contributed by atoms with E-state index in [0.29, 0.717) is 49.3 Å². The highest BCUT2D eigenvalue weighted by molar-refractivity contribution is 7.09. The first-order chi connectivity index (χ1) is 29.1. The first kappa shape index (κ1) is 44.7. The number of benzene rings is 3. The van der Waals surface area contributed by atoms with E-state index in [1.807, 2.05) is 6.92 Å². The molecule has 1 aromatic heterocycles. The van der Waals surface area contributed by atoms with Gasteiger partial charge in [0.1, 0.15) is 11.6 Å². The van der Waals surface area contributed by atoms with E-state index in [9.17, 15) is 28.0 Å². The van der Waals surface area contributed by atoms with Gasteiger partial charge in [0.2, 0.25) is 11.8 Å². The molecule has 0 aliphatic carbocycles. The van der Waals surface area contributed by atoms with Crippen LogP contribution in [0.25, 0.3) is 0 Å². The van der Waals surface area contributed by atoms with Crippen molar-refractivity contribution in [2.24, 2.45) is 0 Å². The number of likely N-dealkylation sites (tertiary alicyclic amines) is 2. The number of methoxy groups -OCH3 is 2. The van der Waals surface area contributed by atoms with Gasteiger partial charge in [0, 0.05) is 77.8 Å². The molecule has 14 heteroatoms. The van der Waals surface area contributed by atoms with Crippen LogP contribution in [0.3, 0.4) is 0 Å². The Morgan fingerprint density at radius 3 is 1.57 bits per heavy atom. The molecule has 4 atom stereocenters. The zero-order chi connectivity index (χ0) is 42.8. The van der Waals surface area contributed by atoms with Crippen LogP contribution in [0.15, 0.2) is 90.3 Å². The lowest BCUT2D eigenvalue weighted by molar-refractivity contribution is -0.120. The lowest BCUT2D eigenvalue weighted by Gasteiger charge is -2.43. The summed E-state index contributed by atoms with van der Waals surface area (Å²) in [5.41, 5.74) is 1.49. The predicted molar refractivity (Wildman–Crippen MR) is 229 cm³/mol. The molecule has 60 heavy (non-hydrogen) atoms. The Balaban J connectivity index is 0.000000205. The number of hydrogen-bond donors (Lipinski definition) is 0. The predicted octanol–water partition coefficient (Wildman–Crippen LogP) is 6.92. The number of imide groups is 1. The molecule has 0 radical (unpaired) electrons. The van der Waals surface area contributed by atoms with Crippen LogP contribution in [-0.4, -0.2) is 123 Å². The Hall–Kier alpha value is -4.86. The first-order valence-electron chi connectivity index (χ1n) is 20.7. The lowest BCUT2D eigenvalue weighted by atomic mass is 9.98. The van der Waals surface area contributed by atoms with Gasteiger partial charge in [-0.05, 0) is 67.1 Å². The molecule has 3 aromatic carbocycles. The highest BCUT2D eigenvalue weighted by atomic mass is 32.1. The van der Waals surface area contributed by atoms with E-state index in [-0.39, 0.29) is 72.4 Å². The van der Waals surface area contributed by atoms with Crippen LogP contribution in [0, 0.1) is 11.6 Å². The lowest BCUT2D eigenvalue weighted by Crippen LogP contribution is -2.57. The normalized spacial score (nSPS) is 20.7. The van der Waals surface area contributed by atoms with Crippen LogP contribution in [0.2, 0.25) is 0 Å². The van der Waals surface area contributed by atoms with Gasteiger partial charge in [-0.25, -0.2) is 8.78 Å². The first-order valence-corrected chi connectivity index (χ1v) is 21.6. The SMILES string of the molecule is CCC(=O)N(c1ccccc1F)[C@@H]1CCN(CCN2C(=O)c3ccccc3C2=O)C[C@H]1OC.CCC(=O)N(c1ccccc1F)[C@@H]1CCN(CCc2cccs2)C[C@H]1OC. The fourth-order valence-corrected chi connectivity index (χ4v) is 9.13. The van der Waals surface area contributed by atoms with Crippen molar-refractivity contribution in [3.63, 3.8) is 0 Å². The summed E-state index contributed by atoms with van der Waals surface area (Å²) in [4.78, 5) is 61.0. The number of carbonyl (C=O) groups is 4. The molecule has 11 nitrogen and oxygen atoms in total. The minimum absolute atomic E-state index is 0.0702. The molecule has 3 aliphatic heterocycles. The number of hydrogen-bond acceptors (Lipinski definition) is 9. The van der Waals surface area contributed by atoms with Crippen LogP contribution in [0.5, 0.6) is 0 Å². The maximum atomic E-state index is 14.6. The van der Waals surface area contributed by atoms with Crippen LogP contribution in [0.1, 0.15) is 65.1 Å². The minimum Gasteiger partial charge on any atom is -0.378 e. The summed E-state index contributed by atoms with van der Waals surface area (Å²) in [6.45, 7) is 8.07. The number of anilines is 2. The molecule has 2 fully saturated rings. The van der Waals surface area contributed by atoms with Crippen LogP contribution < -0.4 is 9.80 Å². The molecule has 0 spiro atoms. The topological polar surface area (TPSA) is 103 Å². The van der Waals surface area contributed by atoms with Crippen molar-refractivity contribution in [2.45, 2.75) is 70.2 Å². The molecule has 7 rings (SSSR count). The summed E-state index contributed by atoms with van der Waals surface area (Å²) in [7, 11) is 3.26. The maximum absolute atomic E-state index is 14.6. The van der Waals surface area contributed by atoms with E-state index in [0.717, 1.165) is 32.5 Å². The Kier molecular flexibility index (Phi) is 15.7. The van der Waals surface area contributed by atoms with Gasteiger partial charge < -0.3 is 24.2 Å². The van der Waals surface area contributed by atoms with E-state index >= 15 is 0 Å². The fraction of sp³-hybridized carbons (Fsp3) is 0.435. The Bertz CT molecular complexity index is 2050. The summed E-state index contributed by atoms with van der Waals surface area (Å²) in [6.07, 6.45) is 2.48. The van der Waals surface area contributed by atoms with Gasteiger partial charge in [-0.3, -0.25) is 29.0 Å². The average molecular weight is 844 g/mol. The third kappa shape index (κ3) is 10.2. The standard InChI is InChI=1S/C25H28FN3O4.C21H27FN2O2S/c1-3-23(30)29(20-11-7-6-10-19(20)26)21-12-13-27(16-22(21)33-2)14-15-28-24(31)17-8-4-5-9-18(17)25(28)32;1-3-21(25)24(18-9-5-4-8-17(18)22)19-11-13-23(15-20(19)26-2)12-10-16-7-6-14-27-16/h4-11,21-22H,3,12-16H2,1-2H3;4-9,14,19-20H,3,10-13,15H2,1-2H3/t21-,22-;19-,20-/m11/s1. The molecule has 4 aromatic rings. The van der Waals surface area contributed by atoms with Gasteiger partial charge in [-0.15, -0.1) is 11.3 Å². The number of fused-ring (bicyclic) bond motifs is 1. The van der Waals surface area contributed by atoms with Gasteiger partial charge in [0.15, 0.2) is 0 Å². The van der Waals surface area contributed by atoms with E-state index < -0.39 is 5.82 Å². The third-order valence-electron chi connectivity index (χ3n) is 11.6. The summed E-state index contributed by atoms with van der Waals surface area (Å²) in [5.74, 6) is -1.58. The van der Waals surface area contributed by atoms with Crippen molar-refractivity contribution >= 4 is 46.3 Å². The van der Waals surface area contributed by atoms with Gasteiger partial charge in [0.05, 0.1) is 46.8 Å². The monoisotopic (exact) mass is 843 g/mol. The van der Waals surface area contributed by atoms with Crippen LogP contribution in [0.4, 0.5) is 20.2 Å². The molecule has 3 aliphatic rings. The molecular formula is C46H55F2N5O6S. The Morgan fingerprint density at radius 2 is 1.13 bits per heavy atom. The second-order valence-electron chi connectivity index (χ2n) is 15.1. The van der Waals surface area contributed by atoms with Crippen molar-refractivity contribution in [2.75, 3.05) is 69.8 Å². The number of ether oxygens (including phenoxy) is 2. The number of para-hydroxylation sites is 2. The molecule has 2 saturated heterocycles. The van der Waals surface area contributed by atoms with Crippen molar-refractivity contribution in [3.05, 3.63) is 118 Å². The molecule has 0 bridgehead atoms. The van der Waals surface area contributed by atoms with Gasteiger partial charge >= 0.3 is 0 Å². The van der Waals surface area contributed by atoms with E-state index in [1.54, 1.807) is 98.0 Å². The smallest absolute Gasteiger partial charge is 0.261 e. The summed E-state index contributed by atoms with van der Waals surface area (Å²) < 4.78 is 40.5. The van der Waals surface area contributed by atoms with Crippen LogP contribution in [-0.2, 0) is 25.5 Å². The number of carbonyl (C=O) groups excluding carboxylic acids is 4. The average Bonchev–Trinajstić information content (AvgIpc) is 3.89. The summed E-state index contributed by atoms with van der Waals surface area (Å²) in [6, 6.07) is 23.4. The van der Waals surface area contributed by atoms with E-state index in [4.69, 9.17) is 9.47 Å². The van der Waals surface area contributed by atoms with Crippen molar-refractivity contribution in [1.82, 2.24) is 14.7 Å². The second kappa shape index (κ2) is 21.1. The molecule has 0 saturated carbocycles. The van der Waals surface area contributed by atoms with Crippen molar-refractivity contribution < 1.29 is 37.4 Å². The molecule has 0 N–H and O–H groups in total. The molecule has 4 amide bonds. The van der Waals surface area contributed by atoms with Gasteiger partial charge in [0.25, 0.3) is 11.8 Å². The summed E-state index contributed by atoms with van der Waals surface area (Å²) >= 11 is 1.78. The molecule has 0 unspecified atom stereocenters. The fourth-order valence-electron chi connectivity index (χ4n) is 8.43. The zero-order valence-electron chi connectivity index (χ0n) is 34.8. The van der Waals surface area contributed by atoms with Crippen molar-refractivity contribution in [1.29, 1.82) is 0 Å². The number of amides is 4. The second-order valence-corrected chi connectivity index (χ2v) is 16.2. The quantitative estimate of drug-likeness (QED) is 0.126. The minimum atomic E-state index is -0.442. The van der Waals surface area contributed by atoms with E-state index in [2.05, 4.69) is 27.3 Å². The molecular weight excluding hydrogens is 789 g/mol. The Labute approximate surface area is 355 Å². The largest absolute Gasteiger partial charge is 0.378 e. The number of thiophene rings is 1. The summed E-state index contributed by atoms with van der Waals surface area (Å²) in [5, 5.41) is 2.10. The number of piperidine rings is 2. The molecule has 320 valence electrons. The zero-order valence-corrected chi connectivity index (χ0v) is 35.6. The Morgan fingerprint density at radius 1 is 0.667 bits per heavy atom.